The van der Waals surface area contributed by atoms with Crippen molar-refractivity contribution in [3.8, 4) is 17.0 Å². The maximum Gasteiger partial charge on any atom is 0.196 e. The number of hydrogen-bond acceptors (Lipinski definition) is 4. The number of nitrogens with zero attached hydrogens (tertiary/aromatic N) is 1. The predicted molar refractivity (Wildman–Crippen MR) is 103 cm³/mol. The van der Waals surface area contributed by atoms with E-state index in [0.717, 1.165) is 36.3 Å². The molecule has 1 aromatic heterocycles. The Morgan fingerprint density at radius 3 is 2.26 bits per heavy atom. The van der Waals surface area contributed by atoms with Crippen molar-refractivity contribution in [2.75, 3.05) is 7.11 Å². The van der Waals surface area contributed by atoms with E-state index in [2.05, 4.69) is 0 Å². The molecular weight excluding hydrogens is 342 g/mol. The number of fused-ring (bicyclic) bond motifs is 2. The number of aliphatic hydroxyl groups is 1. The molecule has 1 fully saturated rings. The average molecular weight is 365 g/mol. The minimum atomic E-state index is -0.792. The highest BCUT2D eigenvalue weighted by atomic mass is 16.5. The Bertz CT molecular complexity index is 943. The van der Waals surface area contributed by atoms with Crippen molar-refractivity contribution in [3.05, 3.63) is 47.7 Å². The van der Waals surface area contributed by atoms with Crippen molar-refractivity contribution in [1.29, 1.82) is 0 Å². The van der Waals surface area contributed by atoms with Crippen LogP contribution in [0.1, 0.15) is 44.7 Å². The van der Waals surface area contributed by atoms with Crippen molar-refractivity contribution < 1.29 is 19.4 Å². The number of methoxy groups -OCH3 is 1. The molecule has 0 bridgehead atoms. The molecule has 0 radical (unpaired) electrons. The van der Waals surface area contributed by atoms with Gasteiger partial charge in [0.25, 0.3) is 0 Å². The second-order valence-electron chi connectivity index (χ2n) is 7.37. The van der Waals surface area contributed by atoms with Crippen LogP contribution in [0.15, 0.2) is 42.0 Å². The first-order valence-electron chi connectivity index (χ1n) is 9.35. The first-order valence-corrected chi connectivity index (χ1v) is 9.35. The molecule has 0 saturated heterocycles. The standard InChI is InChI=1S/C22H23NO4/c1-14(24)19-20(25)18-11-10-17(15-6-8-16(27-2)9-7-15)23(18)22(21(19)26)12-4-3-5-13-22/h6-11,25H,3-5,12-13H2,1-2H3. The maximum atomic E-state index is 13.4. The number of allylic oxidation sites excluding steroid dienone is 1. The van der Waals surface area contributed by atoms with Crippen LogP contribution in [0.25, 0.3) is 17.0 Å². The molecule has 140 valence electrons. The molecular formula is C22H23NO4. The van der Waals surface area contributed by atoms with Crippen molar-refractivity contribution in [1.82, 2.24) is 4.57 Å². The van der Waals surface area contributed by atoms with Crippen LogP contribution in [-0.4, -0.2) is 28.3 Å². The lowest BCUT2D eigenvalue weighted by Crippen LogP contribution is -2.49. The second kappa shape index (κ2) is 6.41. The van der Waals surface area contributed by atoms with E-state index in [0.29, 0.717) is 18.5 Å². The van der Waals surface area contributed by atoms with Crippen LogP contribution < -0.4 is 4.74 Å². The third kappa shape index (κ3) is 2.52. The van der Waals surface area contributed by atoms with Gasteiger partial charge in [-0.15, -0.1) is 0 Å². The molecule has 1 aliphatic carbocycles. The van der Waals surface area contributed by atoms with Crippen LogP contribution in [-0.2, 0) is 15.1 Å². The van der Waals surface area contributed by atoms with Gasteiger partial charge < -0.3 is 14.4 Å². The topological polar surface area (TPSA) is 68.5 Å². The average Bonchev–Trinajstić information content (AvgIpc) is 3.13. The van der Waals surface area contributed by atoms with Gasteiger partial charge in [0.2, 0.25) is 0 Å². The number of Topliss-reactive ketones (excluding diaryl/α,β-unsaturated/α-hetero) is 2. The Hall–Kier alpha value is -2.82. The van der Waals surface area contributed by atoms with Gasteiger partial charge in [0, 0.05) is 5.69 Å². The fraction of sp³-hybridized carbons (Fsp3) is 0.364. The van der Waals surface area contributed by atoms with Crippen LogP contribution in [0.2, 0.25) is 0 Å². The fourth-order valence-electron chi connectivity index (χ4n) is 4.55. The Morgan fingerprint density at radius 2 is 1.67 bits per heavy atom. The summed E-state index contributed by atoms with van der Waals surface area (Å²) in [5, 5.41) is 10.7. The Morgan fingerprint density at radius 1 is 1.04 bits per heavy atom. The molecule has 2 aliphatic rings. The van der Waals surface area contributed by atoms with E-state index in [9.17, 15) is 14.7 Å². The van der Waals surface area contributed by atoms with Gasteiger partial charge in [-0.05, 0) is 61.7 Å². The molecule has 0 amide bonds. The predicted octanol–water partition coefficient (Wildman–Crippen LogP) is 4.26. The van der Waals surface area contributed by atoms with Gasteiger partial charge in [0.15, 0.2) is 17.3 Å². The lowest BCUT2D eigenvalue weighted by molar-refractivity contribution is -0.128. The van der Waals surface area contributed by atoms with Gasteiger partial charge in [-0.3, -0.25) is 9.59 Å². The molecule has 5 heteroatoms. The number of rotatable bonds is 3. The molecule has 1 aromatic carbocycles. The Balaban J connectivity index is 1.96. The smallest absolute Gasteiger partial charge is 0.196 e. The third-order valence-corrected chi connectivity index (χ3v) is 5.86. The molecule has 1 saturated carbocycles. The molecule has 27 heavy (non-hydrogen) atoms. The van der Waals surface area contributed by atoms with Crippen molar-refractivity contribution in [2.24, 2.45) is 0 Å². The van der Waals surface area contributed by atoms with E-state index in [1.54, 1.807) is 13.2 Å². The fourth-order valence-corrected chi connectivity index (χ4v) is 4.55. The molecule has 1 spiro atoms. The highest BCUT2D eigenvalue weighted by Gasteiger charge is 2.49. The lowest BCUT2D eigenvalue weighted by atomic mass is 9.73. The highest BCUT2D eigenvalue weighted by molar-refractivity contribution is 6.27. The summed E-state index contributed by atoms with van der Waals surface area (Å²) in [6.45, 7) is 1.35. The Labute approximate surface area is 158 Å². The van der Waals surface area contributed by atoms with Crippen molar-refractivity contribution in [3.63, 3.8) is 0 Å². The first kappa shape index (κ1) is 17.6. The molecule has 0 unspecified atom stereocenters. The number of carbonyl (C=O) groups is 2. The largest absolute Gasteiger partial charge is 0.505 e. The molecule has 4 rings (SSSR count). The summed E-state index contributed by atoms with van der Waals surface area (Å²) in [4.78, 5) is 25.6. The zero-order valence-corrected chi connectivity index (χ0v) is 15.6. The van der Waals surface area contributed by atoms with Gasteiger partial charge in [-0.1, -0.05) is 19.3 Å². The summed E-state index contributed by atoms with van der Waals surface area (Å²) in [6.07, 6.45) is 4.30. The normalized spacial score (nSPS) is 18.5. The SMILES string of the molecule is COc1ccc(-c2ccc3n2C2(CCCCC2)C(=O)C(C(C)=O)=C3O)cc1. The van der Waals surface area contributed by atoms with Gasteiger partial charge in [-0.2, -0.15) is 0 Å². The second-order valence-corrected chi connectivity index (χ2v) is 7.37. The first-order chi connectivity index (χ1) is 13.0. The number of benzene rings is 1. The van der Waals surface area contributed by atoms with E-state index >= 15 is 0 Å². The van der Waals surface area contributed by atoms with Crippen LogP contribution in [0.4, 0.5) is 0 Å². The zero-order valence-electron chi connectivity index (χ0n) is 15.6. The van der Waals surface area contributed by atoms with E-state index in [4.69, 9.17) is 4.74 Å². The molecule has 0 atom stereocenters. The minimum absolute atomic E-state index is 0.0521. The van der Waals surface area contributed by atoms with Gasteiger partial charge in [-0.25, -0.2) is 0 Å². The molecule has 2 aromatic rings. The van der Waals surface area contributed by atoms with E-state index in [1.165, 1.54) is 6.92 Å². The minimum Gasteiger partial charge on any atom is -0.505 e. The summed E-state index contributed by atoms with van der Waals surface area (Å²) >= 11 is 0. The maximum absolute atomic E-state index is 13.4. The summed E-state index contributed by atoms with van der Waals surface area (Å²) in [5.74, 6) is -0.0655. The Kier molecular flexibility index (Phi) is 4.17. The van der Waals surface area contributed by atoms with E-state index < -0.39 is 5.54 Å². The monoisotopic (exact) mass is 365 g/mol. The van der Waals surface area contributed by atoms with Crippen LogP contribution in [0.5, 0.6) is 5.75 Å². The number of carbonyl (C=O) groups excluding carboxylic acids is 2. The van der Waals surface area contributed by atoms with Crippen LogP contribution >= 0.6 is 0 Å². The summed E-state index contributed by atoms with van der Waals surface area (Å²) < 4.78 is 7.21. The molecule has 1 N–H and O–H groups in total. The van der Waals surface area contributed by atoms with E-state index in [-0.39, 0.29) is 22.9 Å². The lowest BCUT2D eigenvalue weighted by Gasteiger charge is -2.42. The number of aliphatic hydroxyl groups excluding tert-OH is 1. The van der Waals surface area contributed by atoms with Crippen molar-refractivity contribution in [2.45, 2.75) is 44.6 Å². The van der Waals surface area contributed by atoms with Crippen molar-refractivity contribution >= 4 is 17.3 Å². The quantitative estimate of drug-likeness (QED) is 0.825. The van der Waals surface area contributed by atoms with Gasteiger partial charge in [0.05, 0.1) is 12.8 Å². The molecule has 2 heterocycles. The summed E-state index contributed by atoms with van der Waals surface area (Å²) in [6, 6.07) is 11.4. The van der Waals surface area contributed by atoms with E-state index in [1.807, 2.05) is 34.9 Å². The number of ether oxygens (including phenoxy) is 1. The number of hydrogen-bond donors (Lipinski definition) is 1. The number of aromatic nitrogens is 1. The zero-order chi connectivity index (χ0) is 19.2. The molecule has 5 nitrogen and oxygen atoms in total. The van der Waals surface area contributed by atoms with Crippen LogP contribution in [0.3, 0.4) is 0 Å². The molecule has 1 aliphatic heterocycles. The summed E-state index contributed by atoms with van der Waals surface area (Å²) in [7, 11) is 1.62. The van der Waals surface area contributed by atoms with Gasteiger partial charge >= 0.3 is 0 Å². The summed E-state index contributed by atoms with van der Waals surface area (Å²) in [5.41, 5.74) is 1.52. The number of ketones is 2. The van der Waals surface area contributed by atoms with Gasteiger partial charge in [0.1, 0.15) is 16.9 Å². The third-order valence-electron chi connectivity index (χ3n) is 5.86. The van der Waals surface area contributed by atoms with Crippen LogP contribution in [0, 0.1) is 0 Å². The highest BCUT2D eigenvalue weighted by Crippen LogP contribution is 2.47.